The van der Waals surface area contributed by atoms with Crippen molar-refractivity contribution in [2.24, 2.45) is 0 Å². The predicted octanol–water partition coefficient (Wildman–Crippen LogP) is 4.21. The first-order chi connectivity index (χ1) is 15.4. The lowest BCUT2D eigenvalue weighted by atomic mass is 10.2. The Morgan fingerprint density at radius 1 is 1.09 bits per heavy atom. The Kier molecular flexibility index (Phi) is 6.36. The van der Waals surface area contributed by atoms with Crippen molar-refractivity contribution in [1.29, 1.82) is 0 Å². The molecule has 1 atom stereocenters. The van der Waals surface area contributed by atoms with Gasteiger partial charge in [0.1, 0.15) is 11.0 Å². The fourth-order valence-corrected chi connectivity index (χ4v) is 4.43. The van der Waals surface area contributed by atoms with E-state index < -0.39 is 6.04 Å². The number of hydrogen-bond acceptors (Lipinski definition) is 6. The number of urea groups is 1. The quantitative estimate of drug-likeness (QED) is 0.608. The van der Waals surface area contributed by atoms with Gasteiger partial charge in [0.25, 0.3) is 0 Å². The second-order valence-corrected chi connectivity index (χ2v) is 8.97. The highest BCUT2D eigenvalue weighted by molar-refractivity contribution is 7.18. The molecule has 166 valence electrons. The van der Waals surface area contributed by atoms with E-state index in [9.17, 15) is 9.59 Å². The average Bonchev–Trinajstić information content (AvgIpc) is 3.44. The molecule has 2 aromatic carbocycles. The predicted molar refractivity (Wildman–Crippen MR) is 128 cm³/mol. The highest BCUT2D eigenvalue weighted by atomic mass is 32.1. The van der Waals surface area contributed by atoms with Gasteiger partial charge in [-0.3, -0.25) is 10.1 Å². The van der Waals surface area contributed by atoms with Crippen molar-refractivity contribution in [3.05, 3.63) is 54.1 Å². The van der Waals surface area contributed by atoms with Crippen LogP contribution in [0.3, 0.4) is 0 Å². The van der Waals surface area contributed by atoms with Crippen molar-refractivity contribution >= 4 is 39.8 Å². The fraction of sp³-hybridized carbons (Fsp3) is 0.304. The summed E-state index contributed by atoms with van der Waals surface area (Å²) in [7, 11) is 3.97. The molecule has 32 heavy (non-hydrogen) atoms. The smallest absolute Gasteiger partial charge is 0.322 e. The molecular formula is C23H26N6O2S. The Bertz CT molecular complexity index is 1110. The standard InChI is InChI=1S/C23H26N6O2S/c1-15-6-4-7-17(14-15)24-23(31)29-13-5-8-19(29)20(30)25-22-27-26-21(32-22)16-9-11-18(12-10-16)28(2)3/h4,6-7,9-12,14,19H,5,8,13H2,1-3H3,(H,24,31)(H,25,27,30). The monoisotopic (exact) mass is 450 g/mol. The van der Waals surface area contributed by atoms with Crippen molar-refractivity contribution in [3.63, 3.8) is 0 Å². The highest BCUT2D eigenvalue weighted by Gasteiger charge is 2.34. The molecule has 0 bridgehead atoms. The molecule has 0 radical (unpaired) electrons. The van der Waals surface area contributed by atoms with Crippen molar-refractivity contribution in [3.8, 4) is 10.6 Å². The third-order valence-corrected chi connectivity index (χ3v) is 6.26. The van der Waals surface area contributed by atoms with Gasteiger partial charge in [-0.2, -0.15) is 0 Å². The molecular weight excluding hydrogens is 424 g/mol. The van der Waals surface area contributed by atoms with Crippen molar-refractivity contribution in [1.82, 2.24) is 15.1 Å². The van der Waals surface area contributed by atoms with Gasteiger partial charge in [0, 0.05) is 37.6 Å². The third-order valence-electron chi connectivity index (χ3n) is 5.37. The van der Waals surface area contributed by atoms with Gasteiger partial charge >= 0.3 is 6.03 Å². The Balaban J connectivity index is 1.40. The van der Waals surface area contributed by atoms with Gasteiger partial charge in [-0.05, 0) is 61.7 Å². The van der Waals surface area contributed by atoms with E-state index in [2.05, 4.69) is 20.8 Å². The molecule has 1 aliphatic heterocycles. The normalized spacial score (nSPS) is 15.5. The Labute approximate surface area is 191 Å². The number of nitrogens with zero attached hydrogens (tertiary/aromatic N) is 4. The highest BCUT2D eigenvalue weighted by Crippen LogP contribution is 2.29. The minimum atomic E-state index is -0.536. The molecule has 9 heteroatoms. The van der Waals surface area contributed by atoms with E-state index in [-0.39, 0.29) is 11.9 Å². The Morgan fingerprint density at radius 3 is 2.59 bits per heavy atom. The first-order valence-corrected chi connectivity index (χ1v) is 11.3. The topological polar surface area (TPSA) is 90.5 Å². The number of aromatic nitrogens is 2. The maximum absolute atomic E-state index is 12.9. The van der Waals surface area contributed by atoms with Crippen molar-refractivity contribution in [2.75, 3.05) is 36.2 Å². The molecule has 0 aliphatic carbocycles. The molecule has 3 amide bonds. The average molecular weight is 451 g/mol. The second-order valence-electron chi connectivity index (χ2n) is 7.99. The fourth-order valence-electron chi connectivity index (χ4n) is 3.68. The zero-order valence-electron chi connectivity index (χ0n) is 18.3. The second kappa shape index (κ2) is 9.35. The summed E-state index contributed by atoms with van der Waals surface area (Å²) in [6.07, 6.45) is 1.39. The molecule has 0 spiro atoms. The minimum Gasteiger partial charge on any atom is -0.378 e. The third kappa shape index (κ3) is 4.88. The van der Waals surface area contributed by atoms with Crippen LogP contribution in [0.25, 0.3) is 10.6 Å². The van der Waals surface area contributed by atoms with Gasteiger partial charge in [0.2, 0.25) is 11.0 Å². The van der Waals surface area contributed by atoms with Gasteiger partial charge in [-0.25, -0.2) is 4.79 Å². The first kappa shape index (κ1) is 21.8. The number of hydrogen-bond donors (Lipinski definition) is 2. The molecule has 1 unspecified atom stereocenters. The lowest BCUT2D eigenvalue weighted by Crippen LogP contribution is -2.45. The van der Waals surface area contributed by atoms with E-state index in [0.29, 0.717) is 18.1 Å². The summed E-state index contributed by atoms with van der Waals surface area (Å²) in [4.78, 5) is 29.3. The minimum absolute atomic E-state index is 0.243. The molecule has 4 rings (SSSR count). The van der Waals surface area contributed by atoms with Crippen LogP contribution < -0.4 is 15.5 Å². The maximum Gasteiger partial charge on any atom is 0.322 e. The molecule has 2 heterocycles. The molecule has 1 aliphatic rings. The van der Waals surface area contributed by atoms with Crippen LogP contribution >= 0.6 is 11.3 Å². The van der Waals surface area contributed by atoms with Crippen LogP contribution in [-0.4, -0.2) is 53.7 Å². The Morgan fingerprint density at radius 2 is 1.88 bits per heavy atom. The number of rotatable bonds is 5. The van der Waals surface area contributed by atoms with Crippen molar-refractivity contribution < 1.29 is 9.59 Å². The molecule has 2 N–H and O–H groups in total. The molecule has 0 saturated carbocycles. The maximum atomic E-state index is 12.9. The summed E-state index contributed by atoms with van der Waals surface area (Å²) >= 11 is 1.31. The summed E-state index contributed by atoms with van der Waals surface area (Å²) in [5.41, 5.74) is 3.81. The van der Waals surface area contributed by atoms with Crippen LogP contribution in [-0.2, 0) is 4.79 Å². The molecule has 1 saturated heterocycles. The van der Waals surface area contributed by atoms with Crippen LogP contribution in [0.4, 0.5) is 21.3 Å². The van der Waals surface area contributed by atoms with E-state index in [0.717, 1.165) is 33.9 Å². The van der Waals surface area contributed by atoms with E-state index >= 15 is 0 Å². The molecule has 3 aromatic rings. The summed E-state index contributed by atoms with van der Waals surface area (Å²) in [6.45, 7) is 2.50. The van der Waals surface area contributed by atoms with Gasteiger partial charge in [-0.15, -0.1) is 10.2 Å². The SMILES string of the molecule is Cc1cccc(NC(=O)N2CCCC2C(=O)Nc2nnc(-c3ccc(N(C)C)cc3)s2)c1. The van der Waals surface area contributed by atoms with E-state index in [1.165, 1.54) is 11.3 Å². The molecule has 1 aromatic heterocycles. The van der Waals surface area contributed by atoms with Gasteiger partial charge < -0.3 is 15.1 Å². The van der Waals surface area contributed by atoms with Gasteiger partial charge in [0.05, 0.1) is 0 Å². The number of carbonyl (C=O) groups is 2. The van der Waals surface area contributed by atoms with E-state index in [4.69, 9.17) is 0 Å². The van der Waals surface area contributed by atoms with Crippen LogP contribution in [0, 0.1) is 6.92 Å². The first-order valence-electron chi connectivity index (χ1n) is 10.5. The van der Waals surface area contributed by atoms with Crippen LogP contribution in [0.1, 0.15) is 18.4 Å². The zero-order chi connectivity index (χ0) is 22.7. The van der Waals surface area contributed by atoms with Gasteiger partial charge in [-0.1, -0.05) is 23.5 Å². The number of nitrogens with one attached hydrogen (secondary N) is 2. The zero-order valence-corrected chi connectivity index (χ0v) is 19.1. The lowest BCUT2D eigenvalue weighted by molar-refractivity contribution is -0.119. The molecule has 8 nitrogen and oxygen atoms in total. The summed E-state index contributed by atoms with van der Waals surface area (Å²) in [5.74, 6) is -0.243. The summed E-state index contributed by atoms with van der Waals surface area (Å²) in [5, 5.41) is 15.2. The largest absolute Gasteiger partial charge is 0.378 e. The van der Waals surface area contributed by atoms with Crippen LogP contribution in [0.5, 0.6) is 0 Å². The van der Waals surface area contributed by atoms with Crippen LogP contribution in [0.2, 0.25) is 0 Å². The lowest BCUT2D eigenvalue weighted by Gasteiger charge is -2.23. The van der Waals surface area contributed by atoms with Crippen LogP contribution in [0.15, 0.2) is 48.5 Å². The summed E-state index contributed by atoms with van der Waals surface area (Å²) < 4.78 is 0. The number of amides is 3. The number of benzene rings is 2. The van der Waals surface area contributed by atoms with Crippen molar-refractivity contribution in [2.45, 2.75) is 25.8 Å². The number of carbonyl (C=O) groups excluding carboxylic acids is 2. The number of aryl methyl sites for hydroxylation is 1. The van der Waals surface area contributed by atoms with E-state index in [1.807, 2.05) is 74.4 Å². The Hall–Kier alpha value is -3.46. The summed E-state index contributed by atoms with van der Waals surface area (Å²) in [6, 6.07) is 14.8. The molecule has 1 fully saturated rings. The number of likely N-dealkylation sites (tertiary alicyclic amines) is 1. The number of anilines is 3. The van der Waals surface area contributed by atoms with Gasteiger partial charge in [0.15, 0.2) is 0 Å². The van der Waals surface area contributed by atoms with E-state index in [1.54, 1.807) is 4.90 Å².